The number of nitrogens with one attached hydrogen (secondary N) is 1. The number of aromatic hydroxyl groups is 1. The van der Waals surface area contributed by atoms with Crippen LogP contribution in [-0.2, 0) is 6.54 Å². The Morgan fingerprint density at radius 1 is 1.10 bits per heavy atom. The van der Waals surface area contributed by atoms with Gasteiger partial charge in [0.05, 0.1) is 5.02 Å². The molecule has 0 aliphatic heterocycles. The molecule has 1 atom stereocenters. The summed E-state index contributed by atoms with van der Waals surface area (Å²) >= 11 is 18.0. The van der Waals surface area contributed by atoms with Crippen LogP contribution in [0, 0.1) is 0 Å². The van der Waals surface area contributed by atoms with Crippen molar-refractivity contribution < 1.29 is 5.11 Å². The Labute approximate surface area is 133 Å². The van der Waals surface area contributed by atoms with Crippen molar-refractivity contribution in [1.29, 1.82) is 0 Å². The maximum absolute atomic E-state index is 9.90. The van der Waals surface area contributed by atoms with Crippen LogP contribution >= 0.6 is 34.8 Å². The number of phenols is 1. The molecule has 0 aliphatic rings. The first-order chi connectivity index (χ1) is 9.49. The molecule has 0 saturated carbocycles. The van der Waals surface area contributed by atoms with Gasteiger partial charge in [0.15, 0.2) is 0 Å². The van der Waals surface area contributed by atoms with Crippen LogP contribution in [0.4, 0.5) is 0 Å². The fourth-order valence-electron chi connectivity index (χ4n) is 1.95. The largest absolute Gasteiger partial charge is 0.506 e. The summed E-state index contributed by atoms with van der Waals surface area (Å²) < 4.78 is 0. The molecule has 0 heterocycles. The third-order valence-electron chi connectivity index (χ3n) is 3.08. The van der Waals surface area contributed by atoms with E-state index in [4.69, 9.17) is 34.8 Å². The van der Waals surface area contributed by atoms with Crippen molar-refractivity contribution >= 4 is 34.8 Å². The molecular weight excluding hydrogens is 317 g/mol. The van der Waals surface area contributed by atoms with E-state index in [9.17, 15) is 5.11 Å². The van der Waals surface area contributed by atoms with Crippen molar-refractivity contribution in [3.63, 3.8) is 0 Å². The van der Waals surface area contributed by atoms with Crippen LogP contribution in [-0.4, -0.2) is 5.11 Å². The average molecular weight is 331 g/mol. The van der Waals surface area contributed by atoms with Gasteiger partial charge in [0.1, 0.15) is 5.75 Å². The highest BCUT2D eigenvalue weighted by Gasteiger charge is 2.12. The van der Waals surface area contributed by atoms with Gasteiger partial charge in [-0.2, -0.15) is 0 Å². The second-order valence-electron chi connectivity index (χ2n) is 4.52. The van der Waals surface area contributed by atoms with Crippen molar-refractivity contribution in [2.45, 2.75) is 19.5 Å². The van der Waals surface area contributed by atoms with Gasteiger partial charge in [-0.15, -0.1) is 0 Å². The van der Waals surface area contributed by atoms with E-state index in [1.165, 1.54) is 6.07 Å². The first-order valence-corrected chi connectivity index (χ1v) is 7.27. The third kappa shape index (κ3) is 3.58. The van der Waals surface area contributed by atoms with Crippen LogP contribution in [0.25, 0.3) is 0 Å². The Bertz CT molecular complexity index is 616. The SMILES string of the molecule is C[C@@H](NCc1cc(Cl)cc(Cl)c1O)c1ccccc1Cl. The second-order valence-corrected chi connectivity index (χ2v) is 5.77. The molecule has 0 bridgehead atoms. The molecule has 2 N–H and O–H groups in total. The average Bonchev–Trinajstić information content (AvgIpc) is 2.41. The fraction of sp³-hybridized carbons (Fsp3) is 0.200. The van der Waals surface area contributed by atoms with Crippen molar-refractivity contribution in [3.05, 3.63) is 62.6 Å². The third-order valence-corrected chi connectivity index (χ3v) is 3.93. The quantitative estimate of drug-likeness (QED) is 0.807. The Kier molecular flexibility index (Phi) is 5.17. The van der Waals surface area contributed by atoms with Crippen molar-refractivity contribution in [2.75, 3.05) is 0 Å². The maximum atomic E-state index is 9.90. The van der Waals surface area contributed by atoms with E-state index in [-0.39, 0.29) is 16.8 Å². The van der Waals surface area contributed by atoms with E-state index in [1.807, 2.05) is 31.2 Å². The highest BCUT2D eigenvalue weighted by molar-refractivity contribution is 6.35. The van der Waals surface area contributed by atoms with Crippen LogP contribution in [0.3, 0.4) is 0 Å². The first-order valence-electron chi connectivity index (χ1n) is 6.13. The van der Waals surface area contributed by atoms with Gasteiger partial charge in [-0.3, -0.25) is 0 Å². The summed E-state index contributed by atoms with van der Waals surface area (Å²) in [6, 6.07) is 10.9. The van der Waals surface area contributed by atoms with Crippen LogP contribution in [0.2, 0.25) is 15.1 Å². The van der Waals surface area contributed by atoms with Crippen LogP contribution in [0.15, 0.2) is 36.4 Å². The molecule has 0 radical (unpaired) electrons. The summed E-state index contributed by atoms with van der Waals surface area (Å²) in [6.07, 6.45) is 0. The summed E-state index contributed by atoms with van der Waals surface area (Å²) in [5.41, 5.74) is 1.66. The summed E-state index contributed by atoms with van der Waals surface area (Å²) in [6.45, 7) is 2.45. The number of benzene rings is 2. The second kappa shape index (κ2) is 6.68. The molecule has 0 aromatic heterocycles. The Morgan fingerprint density at radius 3 is 2.50 bits per heavy atom. The molecule has 2 rings (SSSR count). The monoisotopic (exact) mass is 329 g/mol. The van der Waals surface area contributed by atoms with Gasteiger partial charge >= 0.3 is 0 Å². The number of rotatable bonds is 4. The van der Waals surface area contributed by atoms with E-state index in [0.717, 1.165) is 5.56 Å². The van der Waals surface area contributed by atoms with Gasteiger partial charge in [0.2, 0.25) is 0 Å². The number of hydrogen-bond donors (Lipinski definition) is 2. The minimum Gasteiger partial charge on any atom is -0.506 e. The van der Waals surface area contributed by atoms with E-state index in [1.54, 1.807) is 6.07 Å². The van der Waals surface area contributed by atoms with E-state index >= 15 is 0 Å². The maximum Gasteiger partial charge on any atom is 0.138 e. The lowest BCUT2D eigenvalue weighted by Gasteiger charge is -2.16. The molecule has 0 amide bonds. The van der Waals surface area contributed by atoms with Crippen molar-refractivity contribution in [2.24, 2.45) is 0 Å². The number of halogens is 3. The topological polar surface area (TPSA) is 32.3 Å². The smallest absolute Gasteiger partial charge is 0.138 e. The Morgan fingerprint density at radius 2 is 1.80 bits per heavy atom. The zero-order valence-electron chi connectivity index (χ0n) is 10.8. The highest BCUT2D eigenvalue weighted by Crippen LogP contribution is 2.31. The normalized spacial score (nSPS) is 12.4. The van der Waals surface area contributed by atoms with E-state index < -0.39 is 0 Å². The molecular formula is C15H14Cl3NO. The summed E-state index contributed by atoms with van der Waals surface area (Å²) in [7, 11) is 0. The zero-order chi connectivity index (χ0) is 14.7. The predicted octanol–water partition coefficient (Wildman–Crippen LogP) is 5.20. The molecule has 0 fully saturated rings. The molecule has 5 heteroatoms. The van der Waals surface area contributed by atoms with Gasteiger partial charge in [0, 0.05) is 28.2 Å². The minimum atomic E-state index is 0.0425. The lowest BCUT2D eigenvalue weighted by Crippen LogP contribution is -2.18. The first kappa shape index (κ1) is 15.5. The van der Waals surface area contributed by atoms with E-state index in [0.29, 0.717) is 22.2 Å². The summed E-state index contributed by atoms with van der Waals surface area (Å²) in [4.78, 5) is 0. The molecule has 0 saturated heterocycles. The lowest BCUT2D eigenvalue weighted by atomic mass is 10.1. The van der Waals surface area contributed by atoms with Crippen molar-refractivity contribution in [3.8, 4) is 5.75 Å². The Balaban J connectivity index is 2.11. The molecule has 2 nitrogen and oxygen atoms in total. The molecule has 20 heavy (non-hydrogen) atoms. The Hall–Kier alpha value is -0.930. The summed E-state index contributed by atoms with van der Waals surface area (Å²) in [5.74, 6) is 0.0509. The lowest BCUT2D eigenvalue weighted by molar-refractivity contribution is 0.460. The molecule has 0 spiro atoms. The van der Waals surface area contributed by atoms with Gasteiger partial charge in [-0.05, 0) is 30.7 Å². The van der Waals surface area contributed by atoms with Gasteiger partial charge < -0.3 is 10.4 Å². The molecule has 2 aromatic carbocycles. The van der Waals surface area contributed by atoms with Crippen LogP contribution in [0.1, 0.15) is 24.1 Å². The predicted molar refractivity (Wildman–Crippen MR) is 84.8 cm³/mol. The molecule has 2 aromatic rings. The van der Waals surface area contributed by atoms with E-state index in [2.05, 4.69) is 5.32 Å². The molecule has 106 valence electrons. The zero-order valence-corrected chi connectivity index (χ0v) is 13.1. The molecule has 0 aliphatic carbocycles. The highest BCUT2D eigenvalue weighted by atomic mass is 35.5. The molecule has 0 unspecified atom stereocenters. The standard InChI is InChI=1S/C15H14Cl3NO/c1-9(12-4-2-3-5-13(12)17)19-8-10-6-11(16)7-14(18)15(10)20/h2-7,9,19-20H,8H2,1H3/t9-/m1/s1. The number of phenolic OH excluding ortho intramolecular Hbond substituents is 1. The fourth-order valence-corrected chi connectivity index (χ4v) is 2.79. The van der Waals surface area contributed by atoms with Crippen molar-refractivity contribution in [1.82, 2.24) is 5.32 Å². The van der Waals surface area contributed by atoms with Gasteiger partial charge in [-0.1, -0.05) is 53.0 Å². The van der Waals surface area contributed by atoms with Gasteiger partial charge in [0.25, 0.3) is 0 Å². The van der Waals surface area contributed by atoms with Crippen LogP contribution < -0.4 is 5.32 Å². The van der Waals surface area contributed by atoms with Crippen LogP contribution in [0.5, 0.6) is 5.75 Å². The minimum absolute atomic E-state index is 0.0425. The number of hydrogen-bond acceptors (Lipinski definition) is 2. The van der Waals surface area contributed by atoms with Gasteiger partial charge in [-0.25, -0.2) is 0 Å². The summed E-state index contributed by atoms with van der Waals surface area (Å²) in [5, 5.41) is 14.6.